The number of hydrogen-bond donors (Lipinski definition) is 2. The average Bonchev–Trinajstić information content (AvgIpc) is 3.02. The molecule has 1 aromatic carbocycles. The Morgan fingerprint density at radius 1 is 1.28 bits per heavy atom. The number of fused-ring (bicyclic) bond motifs is 1. The number of amides is 2. The molecule has 25 heavy (non-hydrogen) atoms. The highest BCUT2D eigenvalue weighted by atomic mass is 32.2. The Hall–Kier alpha value is -2.04. The van der Waals surface area contributed by atoms with Crippen LogP contribution >= 0.6 is 11.8 Å². The number of sulfonamides is 1. The van der Waals surface area contributed by atoms with Crippen molar-refractivity contribution in [3.63, 3.8) is 0 Å². The molecule has 1 atom stereocenters. The number of nitrogens with zero attached hydrogens (tertiary/aromatic N) is 2. The van der Waals surface area contributed by atoms with Gasteiger partial charge in [-0.05, 0) is 43.5 Å². The molecule has 2 amide bonds. The number of thioether (sulfide) groups is 1. The van der Waals surface area contributed by atoms with Gasteiger partial charge in [0, 0.05) is 11.4 Å². The highest BCUT2D eigenvalue weighted by Crippen LogP contribution is 2.28. The molecule has 1 heterocycles. The van der Waals surface area contributed by atoms with Crippen LogP contribution in [-0.4, -0.2) is 36.9 Å². The van der Waals surface area contributed by atoms with Gasteiger partial charge < -0.3 is 5.32 Å². The highest BCUT2D eigenvalue weighted by molar-refractivity contribution is 8.14. The number of aliphatic imine (C=N–C) groups is 2. The van der Waals surface area contributed by atoms with Crippen LogP contribution in [0, 0.1) is 5.92 Å². The van der Waals surface area contributed by atoms with E-state index in [9.17, 15) is 18.0 Å². The van der Waals surface area contributed by atoms with E-state index < -0.39 is 10.0 Å². The fraction of sp³-hybridized carbons (Fsp3) is 0.333. The lowest BCUT2D eigenvalue weighted by molar-refractivity contribution is -0.119. The molecule has 0 saturated heterocycles. The highest BCUT2D eigenvalue weighted by Gasteiger charge is 2.32. The summed E-state index contributed by atoms with van der Waals surface area (Å²) in [6.07, 6.45) is 2.55. The Morgan fingerprint density at radius 2 is 2.00 bits per heavy atom. The maximum absolute atomic E-state index is 12.0. The average molecular weight is 380 g/mol. The second-order valence-corrected chi connectivity index (χ2v) is 8.19. The van der Waals surface area contributed by atoms with Gasteiger partial charge in [0.15, 0.2) is 5.17 Å². The first-order valence-corrected chi connectivity index (χ1v) is 10.1. The van der Waals surface area contributed by atoms with Crippen molar-refractivity contribution in [2.75, 3.05) is 11.1 Å². The predicted molar refractivity (Wildman–Crippen MR) is 96.1 cm³/mol. The molecule has 1 saturated carbocycles. The van der Waals surface area contributed by atoms with Crippen LogP contribution in [0.1, 0.15) is 19.3 Å². The molecule has 1 aliphatic carbocycles. The SMILES string of the molecule is NS(=O)(=O)c1ccc(NC(=O)CSC2=NC(=O)C3CCCC3=N2)cc1. The summed E-state index contributed by atoms with van der Waals surface area (Å²) in [6.45, 7) is 0. The lowest BCUT2D eigenvalue weighted by Gasteiger charge is -2.13. The van der Waals surface area contributed by atoms with Crippen LogP contribution in [-0.2, 0) is 19.6 Å². The van der Waals surface area contributed by atoms with Gasteiger partial charge in [-0.2, -0.15) is 4.99 Å². The van der Waals surface area contributed by atoms with Crippen LogP contribution in [0.3, 0.4) is 0 Å². The van der Waals surface area contributed by atoms with E-state index in [2.05, 4.69) is 15.3 Å². The molecule has 0 spiro atoms. The number of primary sulfonamides is 1. The first kappa shape index (κ1) is 17.8. The third-order valence-electron chi connectivity index (χ3n) is 3.87. The molecule has 10 heteroatoms. The summed E-state index contributed by atoms with van der Waals surface area (Å²) in [6, 6.07) is 5.53. The van der Waals surface area contributed by atoms with Gasteiger partial charge in [0.05, 0.1) is 16.6 Å². The third kappa shape index (κ3) is 4.33. The largest absolute Gasteiger partial charge is 0.325 e. The summed E-state index contributed by atoms with van der Waals surface area (Å²) in [7, 11) is -3.76. The molecule has 8 nitrogen and oxygen atoms in total. The number of benzene rings is 1. The number of nitrogens with two attached hydrogens (primary N) is 1. The Bertz CT molecular complexity index is 875. The van der Waals surface area contributed by atoms with Crippen LogP contribution in [0.15, 0.2) is 39.1 Å². The minimum Gasteiger partial charge on any atom is -0.325 e. The van der Waals surface area contributed by atoms with Crippen LogP contribution < -0.4 is 10.5 Å². The van der Waals surface area contributed by atoms with Crippen LogP contribution in [0.4, 0.5) is 5.69 Å². The molecule has 2 aliphatic rings. The number of carbonyl (C=O) groups is 2. The van der Waals surface area contributed by atoms with Gasteiger partial charge in [0.1, 0.15) is 0 Å². The van der Waals surface area contributed by atoms with Gasteiger partial charge in [-0.3, -0.25) is 9.59 Å². The van der Waals surface area contributed by atoms with E-state index >= 15 is 0 Å². The quantitative estimate of drug-likeness (QED) is 0.809. The molecule has 132 valence electrons. The first-order valence-electron chi connectivity index (χ1n) is 7.58. The molecule has 1 unspecified atom stereocenters. The zero-order valence-electron chi connectivity index (χ0n) is 13.1. The summed E-state index contributed by atoms with van der Waals surface area (Å²) in [5.74, 6) is -0.610. The van der Waals surface area contributed by atoms with Crippen molar-refractivity contribution in [1.82, 2.24) is 0 Å². The lowest BCUT2D eigenvalue weighted by atomic mass is 10.1. The van der Waals surface area contributed by atoms with E-state index in [1.807, 2.05) is 0 Å². The molecule has 0 radical (unpaired) electrons. The van der Waals surface area contributed by atoms with E-state index in [4.69, 9.17) is 5.14 Å². The minimum absolute atomic E-state index is 0.0307. The summed E-state index contributed by atoms with van der Waals surface area (Å²) in [5, 5.41) is 7.97. The molecule has 1 aliphatic heterocycles. The molecular weight excluding hydrogens is 364 g/mol. The summed E-state index contributed by atoms with van der Waals surface area (Å²) in [5.41, 5.74) is 1.31. The van der Waals surface area contributed by atoms with Crippen molar-refractivity contribution in [2.45, 2.75) is 24.2 Å². The van der Waals surface area contributed by atoms with Crippen molar-refractivity contribution >= 4 is 50.2 Å². The van der Waals surface area contributed by atoms with E-state index in [0.29, 0.717) is 10.9 Å². The van der Waals surface area contributed by atoms with Crippen molar-refractivity contribution in [1.29, 1.82) is 0 Å². The van der Waals surface area contributed by atoms with Crippen molar-refractivity contribution < 1.29 is 18.0 Å². The van der Waals surface area contributed by atoms with E-state index in [-0.39, 0.29) is 28.4 Å². The number of anilines is 1. The summed E-state index contributed by atoms with van der Waals surface area (Å²) >= 11 is 1.10. The number of rotatable bonds is 4. The zero-order valence-corrected chi connectivity index (χ0v) is 14.8. The topological polar surface area (TPSA) is 131 Å². The Labute approximate surface area is 149 Å². The van der Waals surface area contributed by atoms with E-state index in [1.165, 1.54) is 24.3 Å². The summed E-state index contributed by atoms with van der Waals surface area (Å²) < 4.78 is 22.4. The van der Waals surface area contributed by atoms with Gasteiger partial charge in [0.25, 0.3) is 5.91 Å². The molecule has 1 aromatic rings. The zero-order chi connectivity index (χ0) is 18.0. The molecule has 3 N–H and O–H groups in total. The van der Waals surface area contributed by atoms with Gasteiger partial charge >= 0.3 is 0 Å². The normalized spacial score (nSPS) is 19.9. The number of nitrogens with one attached hydrogen (secondary N) is 1. The number of amidine groups is 1. The van der Waals surface area contributed by atoms with Crippen LogP contribution in [0.2, 0.25) is 0 Å². The lowest BCUT2D eigenvalue weighted by Crippen LogP contribution is -2.24. The second kappa shape index (κ2) is 7.06. The molecule has 0 aromatic heterocycles. The standard InChI is InChI=1S/C15H16N4O4S2/c16-25(22,23)10-6-4-9(5-7-10)17-13(20)8-24-15-18-12-3-1-2-11(12)14(21)19-15/h4-7,11H,1-3,8H2,(H,17,20)(H2,16,22,23). The monoisotopic (exact) mass is 380 g/mol. The van der Waals surface area contributed by atoms with Gasteiger partial charge in [-0.15, -0.1) is 0 Å². The fourth-order valence-corrected chi connectivity index (χ4v) is 3.85. The Morgan fingerprint density at radius 3 is 2.68 bits per heavy atom. The fourth-order valence-electron chi connectivity index (χ4n) is 2.67. The van der Waals surface area contributed by atoms with Crippen LogP contribution in [0.25, 0.3) is 0 Å². The number of hydrogen-bond acceptors (Lipinski definition) is 6. The van der Waals surface area contributed by atoms with E-state index in [1.54, 1.807) is 0 Å². The molecular formula is C15H16N4O4S2. The Balaban J connectivity index is 1.56. The molecule has 3 rings (SSSR count). The predicted octanol–water partition coefficient (Wildman–Crippen LogP) is 1.14. The smallest absolute Gasteiger partial charge is 0.256 e. The molecule has 0 bridgehead atoms. The van der Waals surface area contributed by atoms with Crippen molar-refractivity contribution in [2.24, 2.45) is 21.0 Å². The van der Waals surface area contributed by atoms with Crippen molar-refractivity contribution in [3.8, 4) is 0 Å². The van der Waals surface area contributed by atoms with E-state index in [0.717, 1.165) is 36.7 Å². The van der Waals surface area contributed by atoms with Crippen molar-refractivity contribution in [3.05, 3.63) is 24.3 Å². The maximum atomic E-state index is 12.0. The first-order chi connectivity index (χ1) is 11.8. The molecule has 1 fully saturated rings. The van der Waals surface area contributed by atoms with Gasteiger partial charge in [-0.1, -0.05) is 11.8 Å². The summed E-state index contributed by atoms with van der Waals surface area (Å²) in [4.78, 5) is 32.1. The minimum atomic E-state index is -3.76. The van der Waals surface area contributed by atoms with Crippen LogP contribution in [0.5, 0.6) is 0 Å². The number of carbonyl (C=O) groups excluding carboxylic acids is 2. The second-order valence-electron chi connectivity index (χ2n) is 5.69. The van der Waals surface area contributed by atoms with Gasteiger partial charge in [0.2, 0.25) is 15.9 Å². The maximum Gasteiger partial charge on any atom is 0.256 e. The van der Waals surface area contributed by atoms with Gasteiger partial charge in [-0.25, -0.2) is 18.5 Å². The Kier molecular flexibility index (Phi) is 5.02. The third-order valence-corrected chi connectivity index (χ3v) is 5.65.